The van der Waals surface area contributed by atoms with Crippen LogP contribution in [0.15, 0.2) is 12.1 Å². The third-order valence-corrected chi connectivity index (χ3v) is 5.40. The van der Waals surface area contributed by atoms with E-state index < -0.39 is 0 Å². The number of carbonyl (C=O) groups is 2. The molecule has 1 unspecified atom stereocenters. The molecule has 0 N–H and O–H groups in total. The number of carbonyl (C=O) groups excluding carboxylic acids is 2. The molecule has 3 rings (SSSR count). The maximum absolute atomic E-state index is 12.4. The van der Waals surface area contributed by atoms with E-state index in [4.69, 9.17) is 4.74 Å². The molecule has 114 valence electrons. The Labute approximate surface area is 128 Å². The number of ether oxygens (including phenoxy) is 1. The zero-order valence-electron chi connectivity index (χ0n) is 12.4. The highest BCUT2D eigenvalue weighted by Crippen LogP contribution is 2.43. The molecule has 1 aromatic heterocycles. The molecule has 1 atom stereocenters. The number of thiophene rings is 1. The molecule has 2 fully saturated rings. The molecule has 3 heterocycles. The van der Waals surface area contributed by atoms with Gasteiger partial charge in [0.25, 0.3) is 0 Å². The summed E-state index contributed by atoms with van der Waals surface area (Å²) in [4.78, 5) is 29.2. The van der Waals surface area contributed by atoms with Gasteiger partial charge in [0.2, 0.25) is 11.8 Å². The maximum atomic E-state index is 12.4. The van der Waals surface area contributed by atoms with Crippen molar-refractivity contribution >= 4 is 28.2 Å². The van der Waals surface area contributed by atoms with Gasteiger partial charge >= 0.3 is 0 Å². The third-order valence-electron chi connectivity index (χ3n) is 4.37. The summed E-state index contributed by atoms with van der Waals surface area (Å²) >= 11 is 1.65. The van der Waals surface area contributed by atoms with Crippen LogP contribution in [0.25, 0.3) is 0 Å². The summed E-state index contributed by atoms with van der Waals surface area (Å²) in [6.07, 6.45) is 1.44. The van der Waals surface area contributed by atoms with Crippen LogP contribution in [0.3, 0.4) is 0 Å². The molecule has 6 heteroatoms. The molecule has 0 aliphatic carbocycles. The minimum atomic E-state index is -0.0711. The van der Waals surface area contributed by atoms with Crippen LogP contribution >= 0.6 is 11.3 Å². The van der Waals surface area contributed by atoms with Gasteiger partial charge in [-0.1, -0.05) is 0 Å². The highest BCUT2D eigenvalue weighted by molar-refractivity contribution is 7.16. The van der Waals surface area contributed by atoms with Crippen LogP contribution in [0, 0.1) is 12.3 Å². The van der Waals surface area contributed by atoms with Gasteiger partial charge in [-0.15, -0.1) is 11.3 Å². The van der Waals surface area contributed by atoms with Crippen molar-refractivity contribution < 1.29 is 14.3 Å². The number of amides is 2. The lowest BCUT2D eigenvalue weighted by Crippen LogP contribution is -2.35. The maximum Gasteiger partial charge on any atom is 0.248 e. The first-order valence-corrected chi connectivity index (χ1v) is 7.98. The van der Waals surface area contributed by atoms with Crippen LogP contribution in [0.4, 0.5) is 5.00 Å². The van der Waals surface area contributed by atoms with Crippen molar-refractivity contribution in [3.63, 3.8) is 0 Å². The Balaban J connectivity index is 1.71. The number of likely N-dealkylation sites (tertiary alicyclic amines) is 1. The summed E-state index contributed by atoms with van der Waals surface area (Å²) in [6, 6.07) is 4.06. The Bertz CT molecular complexity index is 571. The molecule has 2 saturated heterocycles. The lowest BCUT2D eigenvalue weighted by molar-refractivity contribution is -0.134. The molecule has 2 aliphatic heterocycles. The van der Waals surface area contributed by atoms with Crippen molar-refractivity contribution in [1.29, 1.82) is 0 Å². The van der Waals surface area contributed by atoms with Crippen LogP contribution in [0.1, 0.15) is 17.7 Å². The summed E-state index contributed by atoms with van der Waals surface area (Å²) in [5.74, 6) is 0.199. The van der Waals surface area contributed by atoms with Crippen molar-refractivity contribution in [2.45, 2.75) is 19.8 Å². The van der Waals surface area contributed by atoms with Gasteiger partial charge in [0, 0.05) is 43.5 Å². The average molecular weight is 308 g/mol. The summed E-state index contributed by atoms with van der Waals surface area (Å²) in [5.41, 5.74) is -0.0711. The van der Waals surface area contributed by atoms with E-state index in [0.29, 0.717) is 13.0 Å². The first-order valence-electron chi connectivity index (χ1n) is 7.16. The lowest BCUT2D eigenvalue weighted by Gasteiger charge is -2.23. The second-order valence-corrected chi connectivity index (χ2v) is 7.31. The van der Waals surface area contributed by atoms with Gasteiger partial charge < -0.3 is 14.5 Å². The third kappa shape index (κ3) is 2.70. The van der Waals surface area contributed by atoms with Gasteiger partial charge in [-0.05, 0) is 25.5 Å². The van der Waals surface area contributed by atoms with Crippen molar-refractivity contribution in [1.82, 2.24) is 4.90 Å². The highest BCUT2D eigenvalue weighted by Gasteiger charge is 2.48. The zero-order valence-corrected chi connectivity index (χ0v) is 13.2. The van der Waals surface area contributed by atoms with E-state index in [2.05, 4.69) is 0 Å². The number of rotatable bonds is 3. The average Bonchev–Trinajstić information content (AvgIpc) is 3.11. The molecule has 2 aliphatic rings. The monoisotopic (exact) mass is 308 g/mol. The molecule has 5 nitrogen and oxygen atoms in total. The van der Waals surface area contributed by atoms with Gasteiger partial charge in [0.1, 0.15) is 6.61 Å². The van der Waals surface area contributed by atoms with Crippen molar-refractivity contribution in [3.05, 3.63) is 17.0 Å². The number of hydrogen-bond acceptors (Lipinski definition) is 4. The summed E-state index contributed by atoms with van der Waals surface area (Å²) in [5, 5.41) is 1.02. The fourth-order valence-electron chi connectivity index (χ4n) is 3.30. The summed E-state index contributed by atoms with van der Waals surface area (Å²) < 4.78 is 4.91. The summed E-state index contributed by atoms with van der Waals surface area (Å²) in [6.45, 7) is 4.29. The SMILES string of the molecule is COCC(=O)N1CCC2(CC(=O)N(c3ccc(C)s3)C2)C1. The fourth-order valence-corrected chi connectivity index (χ4v) is 4.18. The Morgan fingerprint density at radius 3 is 2.90 bits per heavy atom. The number of methoxy groups -OCH3 is 1. The first-order chi connectivity index (χ1) is 10.0. The van der Waals surface area contributed by atoms with Crippen LogP contribution in [-0.4, -0.2) is 50.1 Å². The predicted molar refractivity (Wildman–Crippen MR) is 81.5 cm³/mol. The van der Waals surface area contributed by atoms with Gasteiger partial charge in [0.05, 0.1) is 5.00 Å². The second kappa shape index (κ2) is 5.42. The molecule has 1 aromatic rings. The molecule has 0 aromatic carbocycles. The molecule has 0 saturated carbocycles. The van der Waals surface area contributed by atoms with Gasteiger partial charge in [-0.2, -0.15) is 0 Å². The minimum absolute atomic E-state index is 0.0206. The van der Waals surface area contributed by atoms with E-state index in [1.54, 1.807) is 11.3 Å². The fraction of sp³-hybridized carbons (Fsp3) is 0.600. The Morgan fingerprint density at radius 2 is 2.24 bits per heavy atom. The smallest absolute Gasteiger partial charge is 0.248 e. The van der Waals surface area contributed by atoms with Crippen LogP contribution in [0.5, 0.6) is 0 Å². The van der Waals surface area contributed by atoms with E-state index in [1.807, 2.05) is 28.9 Å². The van der Waals surface area contributed by atoms with Crippen molar-refractivity contribution in [2.24, 2.45) is 5.41 Å². The number of hydrogen-bond donors (Lipinski definition) is 0. The molecule has 1 spiro atoms. The first kappa shape index (κ1) is 14.5. The van der Waals surface area contributed by atoms with Gasteiger partial charge in [0.15, 0.2) is 0 Å². The molecular weight excluding hydrogens is 288 g/mol. The largest absolute Gasteiger partial charge is 0.375 e. The lowest BCUT2D eigenvalue weighted by atomic mass is 9.86. The Kier molecular flexibility index (Phi) is 3.75. The van der Waals surface area contributed by atoms with E-state index in [0.717, 1.165) is 24.5 Å². The van der Waals surface area contributed by atoms with Gasteiger partial charge in [-0.25, -0.2) is 0 Å². The molecule has 0 bridgehead atoms. The van der Waals surface area contributed by atoms with Crippen molar-refractivity contribution in [3.8, 4) is 0 Å². The van der Waals surface area contributed by atoms with E-state index in [9.17, 15) is 9.59 Å². The number of anilines is 1. The summed E-state index contributed by atoms with van der Waals surface area (Å²) in [7, 11) is 1.53. The molecule has 0 radical (unpaired) electrons. The van der Waals surface area contributed by atoms with Crippen LogP contribution < -0.4 is 4.90 Å². The topological polar surface area (TPSA) is 49.9 Å². The van der Waals surface area contributed by atoms with E-state index in [-0.39, 0.29) is 23.8 Å². The minimum Gasteiger partial charge on any atom is -0.375 e. The quantitative estimate of drug-likeness (QED) is 0.853. The van der Waals surface area contributed by atoms with Gasteiger partial charge in [-0.3, -0.25) is 9.59 Å². The normalized spacial score (nSPS) is 25.3. The number of nitrogens with zero attached hydrogens (tertiary/aromatic N) is 2. The molecule has 2 amide bonds. The predicted octanol–water partition coefficient (Wildman–Crippen LogP) is 1.66. The van der Waals surface area contributed by atoms with Crippen molar-refractivity contribution in [2.75, 3.05) is 38.3 Å². The highest BCUT2D eigenvalue weighted by atomic mass is 32.1. The Hall–Kier alpha value is -1.40. The van der Waals surface area contributed by atoms with Crippen LogP contribution in [-0.2, 0) is 14.3 Å². The standard InChI is InChI=1S/C15H20N2O3S/c1-11-3-4-14(21-11)17-10-15(7-12(17)18)5-6-16(9-15)13(19)8-20-2/h3-4H,5-10H2,1-2H3. The zero-order chi connectivity index (χ0) is 15.0. The molecule has 21 heavy (non-hydrogen) atoms. The molecular formula is C15H20N2O3S. The van der Waals surface area contributed by atoms with Crippen LogP contribution in [0.2, 0.25) is 0 Å². The second-order valence-electron chi connectivity index (χ2n) is 6.04. The Morgan fingerprint density at radius 1 is 1.43 bits per heavy atom. The van der Waals surface area contributed by atoms with E-state index in [1.165, 1.54) is 12.0 Å². The van der Waals surface area contributed by atoms with E-state index >= 15 is 0 Å². The number of aryl methyl sites for hydroxylation is 1.